The molecule has 6 nitrogen and oxygen atoms in total. The van der Waals surface area contributed by atoms with Gasteiger partial charge in [-0.25, -0.2) is 9.59 Å². The number of hydrogen-bond acceptors (Lipinski definition) is 4. The Morgan fingerprint density at radius 1 is 1.28 bits per heavy atom. The van der Waals surface area contributed by atoms with Crippen LogP contribution in [0.1, 0.15) is 33.3 Å². The first-order chi connectivity index (χ1) is 11.6. The molecule has 0 aromatic heterocycles. The zero-order valence-electron chi connectivity index (χ0n) is 14.8. The van der Waals surface area contributed by atoms with E-state index in [0.29, 0.717) is 6.61 Å². The third-order valence-corrected chi connectivity index (χ3v) is 3.59. The lowest BCUT2D eigenvalue weighted by molar-refractivity contribution is -0.131. The largest absolute Gasteiger partial charge is 0.478 e. The molecule has 1 aromatic carbocycles. The van der Waals surface area contributed by atoms with Gasteiger partial charge in [0.15, 0.2) is 0 Å². The molecule has 0 aliphatic carbocycles. The molecule has 0 aliphatic heterocycles. The van der Waals surface area contributed by atoms with Crippen LogP contribution in [0.5, 0.6) is 0 Å². The Bertz CT molecular complexity index is 607. The third-order valence-electron chi connectivity index (χ3n) is 3.06. The van der Waals surface area contributed by atoms with E-state index in [4.69, 9.17) is 14.6 Å². The van der Waals surface area contributed by atoms with Crippen molar-refractivity contribution in [2.45, 2.75) is 52.0 Å². The number of alkyl carbamates (subject to hydrolysis) is 1. The predicted molar refractivity (Wildman–Crippen MR) is 98.3 cm³/mol. The molecule has 1 rings (SSSR count). The Morgan fingerprint density at radius 2 is 1.88 bits per heavy atom. The van der Waals surface area contributed by atoms with Gasteiger partial charge in [-0.1, -0.05) is 34.1 Å². The molecule has 138 valence electrons. The summed E-state index contributed by atoms with van der Waals surface area (Å²) >= 11 is 3.37. The molecule has 0 radical (unpaired) electrons. The molecule has 0 fully saturated rings. The first-order valence-electron chi connectivity index (χ1n) is 7.83. The van der Waals surface area contributed by atoms with Crippen LogP contribution in [-0.4, -0.2) is 34.9 Å². The Morgan fingerprint density at radius 3 is 2.40 bits per heavy atom. The monoisotopic (exact) mass is 413 g/mol. The summed E-state index contributed by atoms with van der Waals surface area (Å²) in [5.74, 6) is -1.10. The zero-order chi connectivity index (χ0) is 19.0. The van der Waals surface area contributed by atoms with Gasteiger partial charge in [-0.15, -0.1) is 0 Å². The predicted octanol–water partition coefficient (Wildman–Crippen LogP) is 3.89. The number of benzene rings is 1. The Kier molecular flexibility index (Phi) is 8.12. The summed E-state index contributed by atoms with van der Waals surface area (Å²) < 4.78 is 11.9. The summed E-state index contributed by atoms with van der Waals surface area (Å²) in [7, 11) is 0. The number of halogens is 1. The number of carbonyl (C=O) groups is 2. The molecule has 1 aromatic rings. The van der Waals surface area contributed by atoms with Crippen LogP contribution in [0.3, 0.4) is 0 Å². The van der Waals surface area contributed by atoms with Gasteiger partial charge in [0.25, 0.3) is 0 Å². The van der Waals surface area contributed by atoms with Crippen molar-refractivity contribution < 1.29 is 24.2 Å². The molecule has 0 aliphatic rings. The van der Waals surface area contributed by atoms with E-state index in [1.54, 1.807) is 27.7 Å². The van der Waals surface area contributed by atoms with Gasteiger partial charge in [-0.05, 0) is 45.4 Å². The fraction of sp³-hybridized carbons (Fsp3) is 0.444. The van der Waals surface area contributed by atoms with Crippen LogP contribution in [0, 0.1) is 0 Å². The van der Waals surface area contributed by atoms with Crippen molar-refractivity contribution in [1.29, 1.82) is 0 Å². The number of amides is 1. The normalized spacial score (nSPS) is 14.1. The highest BCUT2D eigenvalue weighted by atomic mass is 79.9. The number of ether oxygens (including phenoxy) is 2. The summed E-state index contributed by atoms with van der Waals surface area (Å²) in [6, 6.07) is 7.01. The number of rotatable bonds is 7. The number of aliphatic carboxylic acids is 1. The van der Waals surface area contributed by atoms with Crippen LogP contribution in [0.25, 0.3) is 0 Å². The second kappa shape index (κ2) is 9.58. The van der Waals surface area contributed by atoms with E-state index in [9.17, 15) is 9.59 Å². The smallest absolute Gasteiger partial charge is 0.408 e. The Labute approximate surface area is 156 Å². The van der Waals surface area contributed by atoms with E-state index >= 15 is 0 Å². The minimum absolute atomic E-state index is 0.335. The van der Waals surface area contributed by atoms with Crippen molar-refractivity contribution in [3.05, 3.63) is 46.5 Å². The highest BCUT2D eigenvalue weighted by Crippen LogP contribution is 2.13. The van der Waals surface area contributed by atoms with Crippen LogP contribution >= 0.6 is 15.9 Å². The van der Waals surface area contributed by atoms with Gasteiger partial charge in [0, 0.05) is 10.5 Å². The molecule has 0 spiro atoms. The second-order valence-electron chi connectivity index (χ2n) is 6.51. The van der Waals surface area contributed by atoms with Gasteiger partial charge in [0.2, 0.25) is 0 Å². The summed E-state index contributed by atoms with van der Waals surface area (Å²) in [4.78, 5) is 22.7. The average Bonchev–Trinajstić information content (AvgIpc) is 2.48. The van der Waals surface area contributed by atoms with E-state index in [1.165, 1.54) is 6.08 Å². The molecule has 2 N–H and O–H groups in total. The molecular weight excluding hydrogens is 390 g/mol. The second-order valence-corrected chi connectivity index (χ2v) is 7.43. The van der Waals surface area contributed by atoms with E-state index in [1.807, 2.05) is 24.3 Å². The summed E-state index contributed by atoms with van der Waals surface area (Å²) in [5, 5.41) is 11.5. The van der Waals surface area contributed by atoms with Crippen LogP contribution in [0.15, 0.2) is 40.9 Å². The summed E-state index contributed by atoms with van der Waals surface area (Å²) in [5.41, 5.74) is 0.320. The lowest BCUT2D eigenvalue weighted by atomic mass is 10.1. The van der Waals surface area contributed by atoms with Crippen molar-refractivity contribution in [1.82, 2.24) is 5.32 Å². The summed E-state index contributed by atoms with van der Waals surface area (Å²) in [6.07, 6.45) is 1.26. The molecule has 0 bridgehead atoms. The zero-order valence-corrected chi connectivity index (χ0v) is 16.4. The lowest BCUT2D eigenvalue weighted by Crippen LogP contribution is -2.44. The molecule has 2 unspecified atom stereocenters. The molecule has 0 heterocycles. The van der Waals surface area contributed by atoms with Crippen LogP contribution < -0.4 is 5.32 Å². The van der Waals surface area contributed by atoms with Gasteiger partial charge in [0.05, 0.1) is 18.8 Å². The van der Waals surface area contributed by atoms with E-state index < -0.39 is 29.8 Å². The Balaban J connectivity index is 2.71. The van der Waals surface area contributed by atoms with Crippen molar-refractivity contribution in [2.24, 2.45) is 0 Å². The van der Waals surface area contributed by atoms with E-state index in [2.05, 4.69) is 21.2 Å². The quantitative estimate of drug-likeness (QED) is 0.662. The van der Waals surface area contributed by atoms with Gasteiger partial charge in [-0.3, -0.25) is 0 Å². The van der Waals surface area contributed by atoms with Crippen molar-refractivity contribution >= 4 is 28.0 Å². The highest BCUT2D eigenvalue weighted by molar-refractivity contribution is 9.10. The Hall–Kier alpha value is -1.86. The maximum Gasteiger partial charge on any atom is 0.408 e. The van der Waals surface area contributed by atoms with Crippen molar-refractivity contribution in [3.63, 3.8) is 0 Å². The third kappa shape index (κ3) is 9.26. The topological polar surface area (TPSA) is 84.9 Å². The van der Waals surface area contributed by atoms with E-state index in [0.717, 1.165) is 16.1 Å². The van der Waals surface area contributed by atoms with Gasteiger partial charge in [0.1, 0.15) is 5.60 Å². The standard InChI is InChI=1S/C18H24BrNO5/c1-12(24-11-13-5-7-14(19)8-6-13)15(9-10-16(21)22)20-17(23)25-18(2,3)4/h5-10,12,15H,11H2,1-4H3,(H,20,23)(H,21,22)/b10-9+. The number of carboxylic acid groups (broad SMARTS) is 1. The fourth-order valence-corrected chi connectivity index (χ4v) is 2.13. The maximum atomic E-state index is 12.0. The number of carbonyl (C=O) groups excluding carboxylic acids is 1. The van der Waals surface area contributed by atoms with E-state index in [-0.39, 0.29) is 0 Å². The minimum atomic E-state index is -1.10. The average molecular weight is 414 g/mol. The van der Waals surface area contributed by atoms with Crippen LogP contribution in [0.4, 0.5) is 4.79 Å². The highest BCUT2D eigenvalue weighted by Gasteiger charge is 2.22. The number of hydrogen-bond donors (Lipinski definition) is 2. The summed E-state index contributed by atoms with van der Waals surface area (Å²) in [6.45, 7) is 7.35. The first-order valence-corrected chi connectivity index (χ1v) is 8.63. The lowest BCUT2D eigenvalue weighted by Gasteiger charge is -2.25. The van der Waals surface area contributed by atoms with Crippen LogP contribution in [-0.2, 0) is 20.9 Å². The first kappa shape index (κ1) is 21.2. The molecule has 0 saturated heterocycles. The minimum Gasteiger partial charge on any atom is -0.478 e. The molecule has 7 heteroatoms. The molecule has 0 saturated carbocycles. The molecular formula is C18H24BrNO5. The van der Waals surface area contributed by atoms with Gasteiger partial charge < -0.3 is 19.9 Å². The maximum absolute atomic E-state index is 12.0. The molecule has 1 amide bonds. The SMILES string of the molecule is CC(OCc1ccc(Br)cc1)C(/C=C/C(=O)O)NC(=O)OC(C)(C)C. The molecule has 2 atom stereocenters. The van der Waals surface area contributed by atoms with Crippen LogP contribution in [0.2, 0.25) is 0 Å². The van der Waals surface area contributed by atoms with Crippen molar-refractivity contribution in [3.8, 4) is 0 Å². The van der Waals surface area contributed by atoms with Gasteiger partial charge in [-0.2, -0.15) is 0 Å². The van der Waals surface area contributed by atoms with Gasteiger partial charge >= 0.3 is 12.1 Å². The fourth-order valence-electron chi connectivity index (χ4n) is 1.86. The number of carboxylic acids is 1. The van der Waals surface area contributed by atoms with Crippen molar-refractivity contribution in [2.75, 3.05) is 0 Å². The molecule has 25 heavy (non-hydrogen) atoms. The number of nitrogens with one attached hydrogen (secondary N) is 1.